The first-order valence-corrected chi connectivity index (χ1v) is 11.0. The number of unbranched alkanes of at least 4 members (excludes halogenated alkanes) is 4. The molecule has 0 fully saturated rings. The van der Waals surface area contributed by atoms with Crippen LogP contribution in [0.4, 0.5) is 0 Å². The van der Waals surface area contributed by atoms with Crippen LogP contribution < -0.4 is 0 Å². The van der Waals surface area contributed by atoms with Crippen LogP contribution >= 0.6 is 7.82 Å². The highest BCUT2D eigenvalue weighted by Crippen LogP contribution is 2.40. The number of rotatable bonds is 15. The van der Waals surface area contributed by atoms with Gasteiger partial charge in [-0.3, -0.25) is 4.52 Å². The minimum atomic E-state index is -4.39. The molecule has 23 heavy (non-hydrogen) atoms. The van der Waals surface area contributed by atoms with E-state index in [1.54, 1.807) is 0 Å². The van der Waals surface area contributed by atoms with Crippen LogP contribution in [-0.4, -0.2) is 15.9 Å². The second kappa shape index (κ2) is 13.4. The number of phosphoric acid groups is 1. The monoisotopic (exact) mass is 350 g/mol. The highest BCUT2D eigenvalue weighted by Gasteiger charge is 2.24. The molecule has 0 aliphatic carbocycles. The maximum atomic E-state index is 11.2. The van der Waals surface area contributed by atoms with E-state index in [4.69, 9.17) is 14.3 Å². The van der Waals surface area contributed by atoms with E-state index in [1.807, 2.05) is 0 Å². The Bertz CT molecular complexity index is 314. The van der Waals surface area contributed by atoms with Crippen LogP contribution in [0.15, 0.2) is 0 Å². The van der Waals surface area contributed by atoms with Crippen molar-refractivity contribution in [3.05, 3.63) is 0 Å². The van der Waals surface area contributed by atoms with Crippen LogP contribution in [0.3, 0.4) is 0 Å². The molecule has 0 aliphatic rings. The lowest BCUT2D eigenvalue weighted by Gasteiger charge is -2.23. The molecule has 2 atom stereocenters. The van der Waals surface area contributed by atoms with Crippen molar-refractivity contribution < 1.29 is 18.9 Å². The molecule has 0 aromatic rings. The summed E-state index contributed by atoms with van der Waals surface area (Å²) in [6.07, 6.45) is 11.6. The molecule has 0 bridgehead atoms. The smallest absolute Gasteiger partial charge is 0.303 e. The zero-order valence-electron chi connectivity index (χ0n) is 15.7. The highest BCUT2D eigenvalue weighted by molar-refractivity contribution is 7.46. The lowest BCUT2D eigenvalue weighted by Crippen LogP contribution is -2.17. The molecule has 2 N–H and O–H groups in total. The van der Waals surface area contributed by atoms with Gasteiger partial charge in [0, 0.05) is 0 Å². The van der Waals surface area contributed by atoms with Crippen molar-refractivity contribution in [2.45, 2.75) is 104 Å². The molecule has 0 aliphatic heterocycles. The number of phosphoric ester groups is 1. The molecule has 140 valence electrons. The Morgan fingerprint density at radius 3 is 2.00 bits per heavy atom. The van der Waals surface area contributed by atoms with E-state index in [2.05, 4.69) is 27.7 Å². The van der Waals surface area contributed by atoms with E-state index >= 15 is 0 Å². The van der Waals surface area contributed by atoms with Gasteiger partial charge in [-0.15, -0.1) is 0 Å². The first-order chi connectivity index (χ1) is 10.8. The van der Waals surface area contributed by atoms with Crippen molar-refractivity contribution in [2.24, 2.45) is 11.8 Å². The molecular weight excluding hydrogens is 311 g/mol. The minimum Gasteiger partial charge on any atom is -0.303 e. The quantitative estimate of drug-likeness (QED) is 0.278. The van der Waals surface area contributed by atoms with Crippen LogP contribution in [0, 0.1) is 11.8 Å². The van der Waals surface area contributed by atoms with Gasteiger partial charge in [-0.05, 0) is 24.7 Å². The van der Waals surface area contributed by atoms with Gasteiger partial charge in [0.05, 0.1) is 6.10 Å². The Labute approximate surface area is 143 Å². The highest BCUT2D eigenvalue weighted by atomic mass is 31.2. The summed E-state index contributed by atoms with van der Waals surface area (Å²) in [6.45, 7) is 8.81. The Kier molecular flexibility index (Phi) is 13.5. The summed E-state index contributed by atoms with van der Waals surface area (Å²) in [5, 5.41) is 0. The Morgan fingerprint density at radius 1 is 0.913 bits per heavy atom. The lowest BCUT2D eigenvalue weighted by atomic mass is 9.91. The summed E-state index contributed by atoms with van der Waals surface area (Å²) in [5.41, 5.74) is 0. The summed E-state index contributed by atoms with van der Waals surface area (Å²) < 4.78 is 16.3. The van der Waals surface area contributed by atoms with Crippen molar-refractivity contribution in [2.75, 3.05) is 0 Å². The average molecular weight is 350 g/mol. The fourth-order valence-electron chi connectivity index (χ4n) is 3.04. The van der Waals surface area contributed by atoms with Gasteiger partial charge in [0.1, 0.15) is 0 Å². The third-order valence-electron chi connectivity index (χ3n) is 4.48. The van der Waals surface area contributed by atoms with Gasteiger partial charge in [0.25, 0.3) is 0 Å². The van der Waals surface area contributed by atoms with Crippen LogP contribution in [-0.2, 0) is 9.09 Å². The SMILES string of the molecule is CCCCC(CC)CC(CCCCCCC(C)C)OP(=O)(O)O. The Morgan fingerprint density at radius 2 is 1.52 bits per heavy atom. The van der Waals surface area contributed by atoms with Crippen LogP contribution in [0.25, 0.3) is 0 Å². The first-order valence-electron chi connectivity index (χ1n) is 9.52. The van der Waals surface area contributed by atoms with Crippen LogP contribution in [0.1, 0.15) is 98.3 Å². The molecule has 0 aromatic carbocycles. The number of hydrogen-bond donors (Lipinski definition) is 2. The predicted molar refractivity (Wildman–Crippen MR) is 97.4 cm³/mol. The van der Waals surface area contributed by atoms with Crippen molar-refractivity contribution in [1.82, 2.24) is 0 Å². The second-order valence-corrected chi connectivity index (χ2v) is 8.45. The van der Waals surface area contributed by atoms with E-state index in [1.165, 1.54) is 25.7 Å². The van der Waals surface area contributed by atoms with E-state index in [-0.39, 0.29) is 6.10 Å². The third-order valence-corrected chi connectivity index (χ3v) is 5.06. The van der Waals surface area contributed by atoms with E-state index in [0.717, 1.165) is 50.9 Å². The zero-order valence-corrected chi connectivity index (χ0v) is 16.6. The maximum Gasteiger partial charge on any atom is 0.469 e. The third kappa shape index (κ3) is 15.4. The maximum absolute atomic E-state index is 11.2. The summed E-state index contributed by atoms with van der Waals surface area (Å²) in [5.74, 6) is 1.26. The molecular formula is C18H39O4P. The van der Waals surface area contributed by atoms with Gasteiger partial charge in [0.15, 0.2) is 0 Å². The van der Waals surface area contributed by atoms with Gasteiger partial charge < -0.3 is 9.79 Å². The van der Waals surface area contributed by atoms with Gasteiger partial charge in [0.2, 0.25) is 0 Å². The van der Waals surface area contributed by atoms with Gasteiger partial charge >= 0.3 is 7.82 Å². The molecule has 0 aromatic heterocycles. The minimum absolute atomic E-state index is 0.303. The van der Waals surface area contributed by atoms with Crippen molar-refractivity contribution in [1.29, 1.82) is 0 Å². The molecule has 2 unspecified atom stereocenters. The molecule has 0 spiro atoms. The molecule has 0 saturated heterocycles. The van der Waals surface area contributed by atoms with Gasteiger partial charge in [-0.25, -0.2) is 4.57 Å². The van der Waals surface area contributed by atoms with E-state index in [9.17, 15) is 4.57 Å². The molecule has 0 heterocycles. The summed E-state index contributed by atoms with van der Waals surface area (Å²) in [7, 11) is -4.39. The summed E-state index contributed by atoms with van der Waals surface area (Å²) in [6, 6.07) is 0. The van der Waals surface area contributed by atoms with Crippen LogP contribution in [0.5, 0.6) is 0 Å². The van der Waals surface area contributed by atoms with E-state index in [0.29, 0.717) is 5.92 Å². The molecule has 0 radical (unpaired) electrons. The largest absolute Gasteiger partial charge is 0.469 e. The van der Waals surface area contributed by atoms with Crippen LogP contribution in [0.2, 0.25) is 0 Å². The summed E-state index contributed by atoms with van der Waals surface area (Å²) >= 11 is 0. The Balaban J connectivity index is 4.21. The lowest BCUT2D eigenvalue weighted by molar-refractivity contribution is 0.101. The number of hydrogen-bond acceptors (Lipinski definition) is 2. The molecule has 0 amide bonds. The predicted octanol–water partition coefficient (Wildman–Crippen LogP) is 6.07. The molecule has 5 heteroatoms. The van der Waals surface area contributed by atoms with Gasteiger partial charge in [-0.1, -0.05) is 85.5 Å². The molecule has 0 rings (SSSR count). The molecule has 4 nitrogen and oxygen atoms in total. The summed E-state index contributed by atoms with van der Waals surface area (Å²) in [4.78, 5) is 18.3. The van der Waals surface area contributed by atoms with Crippen molar-refractivity contribution >= 4 is 7.82 Å². The fourth-order valence-corrected chi connectivity index (χ4v) is 3.62. The second-order valence-electron chi connectivity index (χ2n) is 7.26. The first kappa shape index (κ1) is 23.1. The fraction of sp³-hybridized carbons (Fsp3) is 1.00. The van der Waals surface area contributed by atoms with E-state index < -0.39 is 7.82 Å². The topological polar surface area (TPSA) is 66.8 Å². The van der Waals surface area contributed by atoms with Crippen molar-refractivity contribution in [3.8, 4) is 0 Å². The normalized spacial score (nSPS) is 15.1. The zero-order chi connectivity index (χ0) is 17.7. The Hall–Kier alpha value is 0.110. The average Bonchev–Trinajstić information content (AvgIpc) is 2.44. The van der Waals surface area contributed by atoms with Gasteiger partial charge in [-0.2, -0.15) is 0 Å². The standard InChI is InChI=1S/C18H39O4P/c1-5-7-13-17(6-2)15-18(22-23(19,20)21)14-11-9-8-10-12-16(3)4/h16-18H,5-15H2,1-4H3,(H2,19,20,21). The van der Waals surface area contributed by atoms with Crippen molar-refractivity contribution in [3.63, 3.8) is 0 Å². The molecule has 0 saturated carbocycles.